The molecule has 0 radical (unpaired) electrons. The summed E-state index contributed by atoms with van der Waals surface area (Å²) in [6, 6.07) is 1.49. The van der Waals surface area contributed by atoms with E-state index in [-0.39, 0.29) is 36.9 Å². The van der Waals surface area contributed by atoms with Gasteiger partial charge in [0, 0.05) is 20.2 Å². The highest BCUT2D eigenvalue weighted by molar-refractivity contribution is 6.33. The molecule has 1 amide bonds. The number of halogens is 3. The van der Waals surface area contributed by atoms with Gasteiger partial charge in [-0.25, -0.2) is 8.78 Å². The fraction of sp³-hybridized carbons (Fsp3) is 0.417. The monoisotopic (exact) mass is 293 g/mol. The van der Waals surface area contributed by atoms with Crippen LogP contribution in [0.5, 0.6) is 0 Å². The van der Waals surface area contributed by atoms with Crippen molar-refractivity contribution in [3.63, 3.8) is 0 Å². The lowest BCUT2D eigenvalue weighted by molar-refractivity contribution is 0.0656. The summed E-state index contributed by atoms with van der Waals surface area (Å²) in [6.07, 6.45) is 0. The maximum Gasteiger partial charge on any atom is 0.255 e. The quantitative estimate of drug-likeness (QED) is 0.812. The molecule has 19 heavy (non-hydrogen) atoms. The summed E-state index contributed by atoms with van der Waals surface area (Å²) in [5, 5.41) is 8.72. The zero-order valence-electron chi connectivity index (χ0n) is 10.3. The van der Waals surface area contributed by atoms with Gasteiger partial charge in [0.05, 0.1) is 23.8 Å². The Hall–Kier alpha value is -1.24. The van der Waals surface area contributed by atoms with Gasteiger partial charge in [0.25, 0.3) is 5.91 Å². The summed E-state index contributed by atoms with van der Waals surface area (Å²) in [5.41, 5.74) is -0.148. The average Bonchev–Trinajstić information content (AvgIpc) is 2.38. The van der Waals surface area contributed by atoms with Gasteiger partial charge >= 0.3 is 0 Å². The third-order valence-electron chi connectivity index (χ3n) is 2.46. The second kappa shape index (κ2) is 7.37. The van der Waals surface area contributed by atoms with Crippen LogP contribution in [0.15, 0.2) is 12.1 Å². The van der Waals surface area contributed by atoms with Crippen LogP contribution in [0.1, 0.15) is 10.4 Å². The summed E-state index contributed by atoms with van der Waals surface area (Å²) in [5.74, 6) is -2.86. The number of ether oxygens (including phenoxy) is 1. The third kappa shape index (κ3) is 4.12. The molecule has 4 nitrogen and oxygen atoms in total. The first-order valence-corrected chi connectivity index (χ1v) is 5.92. The Morgan fingerprint density at radius 2 is 2.00 bits per heavy atom. The summed E-state index contributed by atoms with van der Waals surface area (Å²) >= 11 is 5.73. The van der Waals surface area contributed by atoms with Gasteiger partial charge in [-0.2, -0.15) is 0 Å². The maximum atomic E-state index is 13.1. The van der Waals surface area contributed by atoms with E-state index in [1.165, 1.54) is 12.0 Å². The minimum atomic E-state index is -1.15. The Bertz CT molecular complexity index is 457. The van der Waals surface area contributed by atoms with E-state index in [1.807, 2.05) is 0 Å². The zero-order valence-corrected chi connectivity index (χ0v) is 11.1. The Kier molecular flexibility index (Phi) is 6.14. The molecule has 0 fully saturated rings. The van der Waals surface area contributed by atoms with Crippen molar-refractivity contribution in [1.82, 2.24) is 4.90 Å². The summed E-state index contributed by atoms with van der Waals surface area (Å²) in [6.45, 7) is 0.270. The molecule has 0 spiro atoms. The molecular weight excluding hydrogens is 280 g/mol. The second-order valence-corrected chi connectivity index (χ2v) is 4.16. The van der Waals surface area contributed by atoms with E-state index >= 15 is 0 Å². The van der Waals surface area contributed by atoms with E-state index in [2.05, 4.69) is 0 Å². The Morgan fingerprint density at radius 1 is 1.37 bits per heavy atom. The predicted octanol–water partition coefficient (Wildman–Crippen LogP) is 1.70. The van der Waals surface area contributed by atoms with Crippen molar-refractivity contribution in [2.45, 2.75) is 0 Å². The first kappa shape index (κ1) is 15.8. The Labute approximate surface area is 114 Å². The topological polar surface area (TPSA) is 49.8 Å². The van der Waals surface area contributed by atoms with Crippen molar-refractivity contribution in [3.8, 4) is 0 Å². The lowest BCUT2D eigenvalue weighted by atomic mass is 10.2. The number of benzene rings is 1. The third-order valence-corrected chi connectivity index (χ3v) is 2.78. The van der Waals surface area contributed by atoms with Crippen molar-refractivity contribution in [2.75, 3.05) is 33.4 Å². The second-order valence-electron chi connectivity index (χ2n) is 3.75. The molecule has 1 aromatic rings. The van der Waals surface area contributed by atoms with Crippen molar-refractivity contribution in [3.05, 3.63) is 34.4 Å². The normalized spacial score (nSPS) is 10.6. The van der Waals surface area contributed by atoms with Gasteiger partial charge in [-0.3, -0.25) is 4.79 Å². The molecule has 1 aromatic carbocycles. The molecule has 0 atom stereocenters. The van der Waals surface area contributed by atoms with Crippen LogP contribution in [0, 0.1) is 11.6 Å². The van der Waals surface area contributed by atoms with Crippen LogP contribution >= 0.6 is 11.6 Å². The maximum absolute atomic E-state index is 13.1. The number of carbonyl (C=O) groups is 1. The SMILES string of the molecule is COCCN(CCO)C(=O)c1cc(F)c(F)cc1Cl. The summed E-state index contributed by atoms with van der Waals surface area (Å²) in [7, 11) is 1.46. The van der Waals surface area contributed by atoms with Gasteiger partial charge in [0.15, 0.2) is 11.6 Å². The highest BCUT2D eigenvalue weighted by Crippen LogP contribution is 2.21. The average molecular weight is 294 g/mol. The molecule has 0 unspecified atom stereocenters. The van der Waals surface area contributed by atoms with E-state index in [1.54, 1.807) is 0 Å². The minimum absolute atomic E-state index is 0.0531. The highest BCUT2D eigenvalue weighted by atomic mass is 35.5. The molecule has 7 heteroatoms. The first-order chi connectivity index (χ1) is 9.01. The number of rotatable bonds is 6. The molecule has 1 rings (SSSR count). The fourth-order valence-electron chi connectivity index (χ4n) is 1.49. The highest BCUT2D eigenvalue weighted by Gasteiger charge is 2.20. The molecule has 0 heterocycles. The molecule has 0 bridgehead atoms. The molecular formula is C12H14ClF2NO3. The summed E-state index contributed by atoms with van der Waals surface area (Å²) in [4.78, 5) is 13.4. The fourth-order valence-corrected chi connectivity index (χ4v) is 1.73. The van der Waals surface area contributed by atoms with E-state index < -0.39 is 17.5 Å². The molecule has 106 valence electrons. The Balaban J connectivity index is 2.98. The number of carbonyl (C=O) groups excluding carboxylic acids is 1. The number of hydrogen-bond acceptors (Lipinski definition) is 3. The minimum Gasteiger partial charge on any atom is -0.395 e. The smallest absolute Gasteiger partial charge is 0.255 e. The van der Waals surface area contributed by atoms with Crippen molar-refractivity contribution in [1.29, 1.82) is 0 Å². The van der Waals surface area contributed by atoms with Crippen molar-refractivity contribution >= 4 is 17.5 Å². The van der Waals surface area contributed by atoms with Crippen LogP contribution in [0.4, 0.5) is 8.78 Å². The molecule has 0 aromatic heterocycles. The standard InChI is InChI=1S/C12H14ClF2NO3/c1-19-5-3-16(2-4-17)12(18)8-6-10(14)11(15)7-9(8)13/h6-7,17H,2-5H2,1H3. The Morgan fingerprint density at radius 3 is 2.58 bits per heavy atom. The van der Waals surface area contributed by atoms with Crippen LogP contribution in [0.25, 0.3) is 0 Å². The van der Waals surface area contributed by atoms with Crippen molar-refractivity contribution in [2.24, 2.45) is 0 Å². The van der Waals surface area contributed by atoms with Crippen LogP contribution in [0.2, 0.25) is 5.02 Å². The summed E-state index contributed by atoms with van der Waals surface area (Å²) < 4.78 is 30.9. The largest absolute Gasteiger partial charge is 0.395 e. The number of nitrogens with zero attached hydrogens (tertiary/aromatic N) is 1. The number of aliphatic hydroxyl groups excluding tert-OH is 1. The molecule has 0 saturated carbocycles. The number of methoxy groups -OCH3 is 1. The van der Waals surface area contributed by atoms with Gasteiger partial charge in [0.2, 0.25) is 0 Å². The van der Waals surface area contributed by atoms with E-state index in [0.29, 0.717) is 0 Å². The van der Waals surface area contributed by atoms with E-state index in [0.717, 1.165) is 12.1 Å². The van der Waals surface area contributed by atoms with E-state index in [9.17, 15) is 13.6 Å². The molecule has 1 N–H and O–H groups in total. The molecule has 0 aliphatic heterocycles. The number of hydrogen-bond donors (Lipinski definition) is 1. The van der Waals surface area contributed by atoms with Crippen LogP contribution in [0.3, 0.4) is 0 Å². The zero-order chi connectivity index (χ0) is 14.4. The molecule has 0 saturated heterocycles. The van der Waals surface area contributed by atoms with Crippen LogP contribution < -0.4 is 0 Å². The van der Waals surface area contributed by atoms with Crippen LogP contribution in [-0.4, -0.2) is 49.3 Å². The first-order valence-electron chi connectivity index (χ1n) is 5.54. The molecule has 0 aliphatic carbocycles. The van der Waals surface area contributed by atoms with Gasteiger partial charge in [-0.15, -0.1) is 0 Å². The van der Waals surface area contributed by atoms with E-state index in [4.69, 9.17) is 21.4 Å². The van der Waals surface area contributed by atoms with Gasteiger partial charge in [-0.05, 0) is 12.1 Å². The lowest BCUT2D eigenvalue weighted by Crippen LogP contribution is -2.36. The van der Waals surface area contributed by atoms with Gasteiger partial charge < -0.3 is 14.7 Å². The van der Waals surface area contributed by atoms with Gasteiger partial charge in [0.1, 0.15) is 0 Å². The van der Waals surface area contributed by atoms with Crippen molar-refractivity contribution < 1.29 is 23.4 Å². The number of amides is 1. The van der Waals surface area contributed by atoms with Gasteiger partial charge in [-0.1, -0.05) is 11.6 Å². The van der Waals surface area contributed by atoms with Crippen LogP contribution in [-0.2, 0) is 4.74 Å². The predicted molar refractivity (Wildman–Crippen MR) is 66.2 cm³/mol. The molecule has 0 aliphatic rings. The number of aliphatic hydroxyl groups is 1. The lowest BCUT2D eigenvalue weighted by Gasteiger charge is -2.22.